The summed E-state index contributed by atoms with van der Waals surface area (Å²) in [7, 11) is 0. The smallest absolute Gasteiger partial charge is 0.292 e. The summed E-state index contributed by atoms with van der Waals surface area (Å²) in [6, 6.07) is 11.3. The van der Waals surface area contributed by atoms with Crippen molar-refractivity contribution in [3.8, 4) is 11.1 Å². The predicted octanol–water partition coefficient (Wildman–Crippen LogP) is 2.75. The summed E-state index contributed by atoms with van der Waals surface area (Å²) in [4.78, 5) is 10.4. The van der Waals surface area contributed by atoms with Gasteiger partial charge in [0, 0.05) is 6.07 Å². The average Bonchev–Trinajstić information content (AvgIpc) is 2.65. The number of nitro groups is 1. The second-order valence-corrected chi connectivity index (χ2v) is 4.16. The summed E-state index contributed by atoms with van der Waals surface area (Å²) in [6.45, 7) is 0. The van der Waals surface area contributed by atoms with Crippen molar-refractivity contribution >= 4 is 11.4 Å². The van der Waals surface area contributed by atoms with Gasteiger partial charge in [0.15, 0.2) is 0 Å². The molecule has 0 bridgehead atoms. The molecular formula is C13H10N2O2. The Labute approximate surface area is 97.8 Å². The van der Waals surface area contributed by atoms with Gasteiger partial charge < -0.3 is 5.73 Å². The molecule has 0 radical (unpaired) electrons. The molecule has 0 saturated carbocycles. The minimum absolute atomic E-state index is 0.00319. The van der Waals surface area contributed by atoms with Crippen molar-refractivity contribution in [3.05, 3.63) is 57.6 Å². The number of anilines is 1. The Kier molecular flexibility index (Phi) is 1.92. The number of nitro benzene ring substituents is 1. The molecule has 0 unspecified atom stereocenters. The number of benzene rings is 2. The zero-order chi connectivity index (χ0) is 12.0. The summed E-state index contributed by atoms with van der Waals surface area (Å²) in [5.74, 6) is 0. The number of hydrogen-bond acceptors (Lipinski definition) is 3. The molecule has 0 heterocycles. The van der Waals surface area contributed by atoms with Crippen LogP contribution in [0.25, 0.3) is 11.1 Å². The van der Waals surface area contributed by atoms with Crippen LogP contribution in [0.1, 0.15) is 11.1 Å². The molecule has 2 aromatic carbocycles. The van der Waals surface area contributed by atoms with Gasteiger partial charge >= 0.3 is 0 Å². The monoisotopic (exact) mass is 226 g/mol. The molecule has 0 amide bonds. The lowest BCUT2D eigenvalue weighted by atomic mass is 10.0. The van der Waals surface area contributed by atoms with Crippen molar-refractivity contribution in [1.82, 2.24) is 0 Å². The van der Waals surface area contributed by atoms with Crippen molar-refractivity contribution < 1.29 is 4.92 Å². The van der Waals surface area contributed by atoms with Crippen LogP contribution in [0.4, 0.5) is 11.4 Å². The van der Waals surface area contributed by atoms with Gasteiger partial charge in [-0.15, -0.1) is 0 Å². The Morgan fingerprint density at radius 1 is 1.12 bits per heavy atom. The van der Waals surface area contributed by atoms with Crippen LogP contribution in [0.3, 0.4) is 0 Å². The Morgan fingerprint density at radius 2 is 1.88 bits per heavy atom. The summed E-state index contributed by atoms with van der Waals surface area (Å²) in [5, 5.41) is 10.8. The van der Waals surface area contributed by atoms with E-state index in [-0.39, 0.29) is 11.4 Å². The fourth-order valence-corrected chi connectivity index (χ4v) is 2.35. The van der Waals surface area contributed by atoms with E-state index in [1.807, 2.05) is 24.3 Å². The van der Waals surface area contributed by atoms with Crippen molar-refractivity contribution in [2.75, 3.05) is 5.73 Å². The van der Waals surface area contributed by atoms with Crippen LogP contribution in [0.2, 0.25) is 0 Å². The number of nitrogens with two attached hydrogens (primary N) is 1. The van der Waals surface area contributed by atoms with Gasteiger partial charge in [0.05, 0.1) is 4.92 Å². The minimum Gasteiger partial charge on any atom is -0.393 e. The lowest BCUT2D eigenvalue weighted by Crippen LogP contribution is -1.97. The molecule has 1 aliphatic carbocycles. The fraction of sp³-hybridized carbons (Fsp3) is 0.0769. The lowest BCUT2D eigenvalue weighted by molar-refractivity contribution is -0.383. The topological polar surface area (TPSA) is 69.2 Å². The van der Waals surface area contributed by atoms with E-state index in [1.165, 1.54) is 5.56 Å². The summed E-state index contributed by atoms with van der Waals surface area (Å²) < 4.78 is 0. The highest BCUT2D eigenvalue weighted by Gasteiger charge is 2.23. The summed E-state index contributed by atoms with van der Waals surface area (Å²) in [6.07, 6.45) is 0.743. The Hall–Kier alpha value is -2.36. The number of rotatable bonds is 1. The molecule has 84 valence electrons. The number of nitrogen functional groups attached to an aromatic ring is 1. The zero-order valence-electron chi connectivity index (χ0n) is 9.01. The van der Waals surface area contributed by atoms with Crippen LogP contribution in [0.5, 0.6) is 0 Å². The van der Waals surface area contributed by atoms with Crippen LogP contribution in [0.15, 0.2) is 36.4 Å². The highest BCUT2D eigenvalue weighted by molar-refractivity contribution is 5.82. The lowest BCUT2D eigenvalue weighted by Gasteiger charge is -2.03. The van der Waals surface area contributed by atoms with Crippen LogP contribution in [-0.2, 0) is 6.42 Å². The Morgan fingerprint density at radius 3 is 2.65 bits per heavy atom. The first-order valence-electron chi connectivity index (χ1n) is 5.32. The average molecular weight is 226 g/mol. The highest BCUT2D eigenvalue weighted by Crippen LogP contribution is 2.40. The summed E-state index contributed by atoms with van der Waals surface area (Å²) in [5.41, 5.74) is 10.3. The van der Waals surface area contributed by atoms with Gasteiger partial charge in [0.1, 0.15) is 5.69 Å². The molecular weight excluding hydrogens is 216 g/mol. The molecule has 1 aliphatic rings. The molecule has 0 aromatic heterocycles. The number of fused-ring (bicyclic) bond motifs is 3. The van der Waals surface area contributed by atoms with Crippen molar-refractivity contribution in [2.24, 2.45) is 0 Å². The van der Waals surface area contributed by atoms with Crippen molar-refractivity contribution in [3.63, 3.8) is 0 Å². The van der Waals surface area contributed by atoms with Crippen LogP contribution in [0, 0.1) is 10.1 Å². The molecule has 3 rings (SSSR count). The van der Waals surface area contributed by atoms with E-state index in [0.29, 0.717) is 0 Å². The van der Waals surface area contributed by atoms with Gasteiger partial charge in [0.2, 0.25) is 0 Å². The van der Waals surface area contributed by atoms with Crippen molar-refractivity contribution in [2.45, 2.75) is 6.42 Å². The maximum atomic E-state index is 10.8. The van der Waals surface area contributed by atoms with Gasteiger partial charge in [-0.05, 0) is 34.7 Å². The van der Waals surface area contributed by atoms with Crippen LogP contribution in [-0.4, -0.2) is 4.92 Å². The Balaban J connectivity index is 2.23. The fourth-order valence-electron chi connectivity index (χ4n) is 2.35. The zero-order valence-corrected chi connectivity index (χ0v) is 9.01. The largest absolute Gasteiger partial charge is 0.393 e. The standard InChI is InChI=1S/C13H10N2O2/c14-12-7-11-9(6-13(12)15(16)17)5-8-3-1-2-4-10(8)11/h1-4,6-7H,5,14H2. The summed E-state index contributed by atoms with van der Waals surface area (Å²) >= 11 is 0. The highest BCUT2D eigenvalue weighted by atomic mass is 16.6. The first-order valence-corrected chi connectivity index (χ1v) is 5.32. The van der Waals surface area contributed by atoms with Gasteiger partial charge in [-0.3, -0.25) is 10.1 Å². The molecule has 0 saturated heterocycles. The van der Waals surface area contributed by atoms with Crippen molar-refractivity contribution in [1.29, 1.82) is 0 Å². The Bertz CT molecular complexity index is 635. The van der Waals surface area contributed by atoms with E-state index in [1.54, 1.807) is 12.1 Å². The second-order valence-electron chi connectivity index (χ2n) is 4.16. The van der Waals surface area contributed by atoms with E-state index in [2.05, 4.69) is 0 Å². The molecule has 2 aromatic rings. The SMILES string of the molecule is Nc1cc2c(cc1[N+](=O)[O-])Cc1ccccc1-2. The molecule has 0 spiro atoms. The van der Waals surface area contributed by atoms with Gasteiger partial charge in [-0.1, -0.05) is 24.3 Å². The molecule has 4 heteroatoms. The first kappa shape index (κ1) is 9.84. The van der Waals surface area contributed by atoms with Gasteiger partial charge in [0.25, 0.3) is 5.69 Å². The molecule has 2 N–H and O–H groups in total. The molecule has 17 heavy (non-hydrogen) atoms. The van der Waals surface area contributed by atoms with E-state index in [0.717, 1.165) is 23.1 Å². The van der Waals surface area contributed by atoms with E-state index in [4.69, 9.17) is 5.73 Å². The molecule has 0 aliphatic heterocycles. The minimum atomic E-state index is -0.432. The quantitative estimate of drug-likeness (QED) is 0.394. The van der Waals surface area contributed by atoms with Crippen LogP contribution >= 0.6 is 0 Å². The molecule has 4 nitrogen and oxygen atoms in total. The second kappa shape index (κ2) is 3.31. The first-order chi connectivity index (χ1) is 8.16. The number of hydrogen-bond donors (Lipinski definition) is 1. The number of nitrogens with zero attached hydrogens (tertiary/aromatic N) is 1. The van der Waals surface area contributed by atoms with E-state index < -0.39 is 4.92 Å². The maximum Gasteiger partial charge on any atom is 0.292 e. The third-order valence-corrected chi connectivity index (χ3v) is 3.14. The molecule has 0 fully saturated rings. The van der Waals surface area contributed by atoms with E-state index in [9.17, 15) is 10.1 Å². The van der Waals surface area contributed by atoms with Gasteiger partial charge in [-0.25, -0.2) is 0 Å². The van der Waals surface area contributed by atoms with Gasteiger partial charge in [-0.2, -0.15) is 0 Å². The molecule has 0 atom stereocenters. The predicted molar refractivity (Wildman–Crippen MR) is 65.8 cm³/mol. The normalized spacial score (nSPS) is 12.0. The van der Waals surface area contributed by atoms with E-state index >= 15 is 0 Å². The third-order valence-electron chi connectivity index (χ3n) is 3.14. The third kappa shape index (κ3) is 1.38. The van der Waals surface area contributed by atoms with Crippen LogP contribution < -0.4 is 5.73 Å². The maximum absolute atomic E-state index is 10.8.